The molecule has 0 bridgehead atoms. The number of aryl methyl sites for hydroxylation is 1. The summed E-state index contributed by atoms with van der Waals surface area (Å²) in [7, 11) is 1.32. The fourth-order valence-electron chi connectivity index (χ4n) is 2.28. The zero-order chi connectivity index (χ0) is 17.9. The van der Waals surface area contributed by atoms with Gasteiger partial charge in [0, 0.05) is 5.69 Å². The van der Waals surface area contributed by atoms with Crippen LogP contribution in [0.1, 0.15) is 44.9 Å². The number of methoxy groups -OCH3 is 1. The summed E-state index contributed by atoms with van der Waals surface area (Å²) in [6.45, 7) is 5.23. The molecule has 7 nitrogen and oxygen atoms in total. The van der Waals surface area contributed by atoms with E-state index in [9.17, 15) is 9.59 Å². The number of aromatic nitrogens is 3. The van der Waals surface area contributed by atoms with Crippen LogP contribution in [0.5, 0.6) is 0 Å². The van der Waals surface area contributed by atoms with Crippen molar-refractivity contribution in [2.45, 2.75) is 37.0 Å². The third-order valence-corrected chi connectivity index (χ3v) is 4.91. The molecule has 9 heteroatoms. The van der Waals surface area contributed by atoms with Crippen molar-refractivity contribution in [2.24, 2.45) is 0 Å². The van der Waals surface area contributed by atoms with E-state index >= 15 is 0 Å². The van der Waals surface area contributed by atoms with Gasteiger partial charge in [-0.1, -0.05) is 11.8 Å². The van der Waals surface area contributed by atoms with Crippen LogP contribution < -0.4 is 0 Å². The molecule has 0 spiro atoms. The maximum Gasteiger partial charge on any atom is 0.339 e. The maximum absolute atomic E-state index is 12.7. The molecule has 130 valence electrons. The van der Waals surface area contributed by atoms with Gasteiger partial charge >= 0.3 is 5.97 Å². The number of ether oxygens (including phenoxy) is 1. The van der Waals surface area contributed by atoms with Crippen molar-refractivity contribution >= 4 is 35.3 Å². The molecule has 0 aliphatic rings. The number of rotatable bonds is 7. The second-order valence-corrected chi connectivity index (χ2v) is 7.29. The van der Waals surface area contributed by atoms with Gasteiger partial charge < -0.3 is 14.1 Å². The van der Waals surface area contributed by atoms with Crippen LogP contribution in [-0.4, -0.2) is 45.5 Å². The number of thioether (sulfide) groups is 2. The lowest BCUT2D eigenvalue weighted by Gasteiger charge is -2.07. The number of aromatic amines is 1. The van der Waals surface area contributed by atoms with Crippen molar-refractivity contribution in [3.05, 3.63) is 28.4 Å². The molecule has 0 unspecified atom stereocenters. The summed E-state index contributed by atoms with van der Waals surface area (Å²) < 4.78 is 10.2. The smallest absolute Gasteiger partial charge is 0.339 e. The molecule has 0 fully saturated rings. The van der Waals surface area contributed by atoms with E-state index in [2.05, 4.69) is 15.2 Å². The van der Waals surface area contributed by atoms with Crippen molar-refractivity contribution in [2.75, 3.05) is 13.4 Å². The summed E-state index contributed by atoms with van der Waals surface area (Å²) >= 11 is 2.78. The van der Waals surface area contributed by atoms with Crippen molar-refractivity contribution in [1.82, 2.24) is 15.2 Å². The van der Waals surface area contributed by atoms with Gasteiger partial charge in [0.05, 0.1) is 29.4 Å². The maximum atomic E-state index is 12.7. The molecule has 2 rings (SSSR count). The van der Waals surface area contributed by atoms with Crippen molar-refractivity contribution < 1.29 is 18.7 Å². The van der Waals surface area contributed by atoms with Crippen LogP contribution in [0.15, 0.2) is 9.64 Å². The van der Waals surface area contributed by atoms with Gasteiger partial charge in [0.1, 0.15) is 0 Å². The molecule has 24 heavy (non-hydrogen) atoms. The molecule has 0 saturated carbocycles. The number of carbonyl (C=O) groups excluding carboxylic acids is 2. The number of esters is 1. The minimum atomic E-state index is -0.459. The van der Waals surface area contributed by atoms with E-state index in [1.165, 1.54) is 18.9 Å². The average Bonchev–Trinajstić information content (AvgIpc) is 3.10. The Morgan fingerprint density at radius 2 is 2.04 bits per heavy atom. The van der Waals surface area contributed by atoms with Gasteiger partial charge in [-0.15, -0.1) is 10.2 Å². The van der Waals surface area contributed by atoms with E-state index in [0.29, 0.717) is 39.4 Å². The number of nitrogens with one attached hydrogen (secondary N) is 1. The first-order valence-corrected chi connectivity index (χ1v) is 9.46. The summed E-state index contributed by atoms with van der Waals surface area (Å²) in [5.74, 6) is 0.567. The molecule has 2 heterocycles. The Labute approximate surface area is 148 Å². The SMILES string of the molecule is COC(=O)c1c(C)[nH]c(C(=O)[C@H](C)Sc2nnc(CSC)o2)c1C. The highest BCUT2D eigenvalue weighted by Crippen LogP contribution is 2.27. The second kappa shape index (κ2) is 7.89. The third kappa shape index (κ3) is 3.84. The van der Waals surface area contributed by atoms with Crippen molar-refractivity contribution in [3.8, 4) is 0 Å². The summed E-state index contributed by atoms with van der Waals surface area (Å²) in [5, 5.41) is 7.78. The lowest BCUT2D eigenvalue weighted by molar-refractivity contribution is 0.0599. The minimum Gasteiger partial charge on any atom is -0.465 e. The van der Waals surface area contributed by atoms with Crippen molar-refractivity contribution in [3.63, 3.8) is 0 Å². The zero-order valence-electron chi connectivity index (χ0n) is 14.1. The fraction of sp³-hybridized carbons (Fsp3) is 0.467. The number of ketones is 1. The predicted molar refractivity (Wildman–Crippen MR) is 92.8 cm³/mol. The predicted octanol–water partition coefficient (Wildman–Crippen LogP) is 3.03. The molecular weight excluding hydrogens is 350 g/mol. The molecule has 2 aromatic heterocycles. The van der Waals surface area contributed by atoms with Crippen LogP contribution in [-0.2, 0) is 10.5 Å². The van der Waals surface area contributed by atoms with Crippen LogP contribution in [0, 0.1) is 13.8 Å². The molecule has 0 radical (unpaired) electrons. The molecule has 1 N–H and O–H groups in total. The van der Waals surface area contributed by atoms with E-state index in [1.807, 2.05) is 6.26 Å². The Hall–Kier alpha value is -1.74. The molecule has 0 amide bonds. The van der Waals surface area contributed by atoms with Gasteiger partial charge in [0.15, 0.2) is 5.78 Å². The van der Waals surface area contributed by atoms with E-state index in [0.717, 1.165) is 0 Å². The van der Waals surface area contributed by atoms with Gasteiger partial charge in [0.25, 0.3) is 5.22 Å². The molecule has 0 saturated heterocycles. The summed E-state index contributed by atoms with van der Waals surface area (Å²) in [6.07, 6.45) is 1.94. The van der Waals surface area contributed by atoms with Crippen LogP contribution in [0.2, 0.25) is 0 Å². The Kier molecular flexibility index (Phi) is 6.11. The van der Waals surface area contributed by atoms with Crippen LogP contribution in [0.4, 0.5) is 0 Å². The van der Waals surface area contributed by atoms with E-state index in [4.69, 9.17) is 9.15 Å². The molecule has 0 aromatic carbocycles. The molecular formula is C15H19N3O4S2. The van der Waals surface area contributed by atoms with Crippen LogP contribution in [0.3, 0.4) is 0 Å². The van der Waals surface area contributed by atoms with Crippen molar-refractivity contribution in [1.29, 1.82) is 0 Å². The lowest BCUT2D eigenvalue weighted by Crippen LogP contribution is -2.15. The monoisotopic (exact) mass is 369 g/mol. The Bertz CT molecular complexity index is 754. The molecule has 1 atom stereocenters. The number of carbonyl (C=O) groups is 2. The summed E-state index contributed by atoms with van der Waals surface area (Å²) in [5.41, 5.74) is 2.00. The number of hydrogen-bond donors (Lipinski definition) is 1. The highest BCUT2D eigenvalue weighted by molar-refractivity contribution is 8.00. The van der Waals surface area contributed by atoms with Gasteiger partial charge in [-0.05, 0) is 32.6 Å². The summed E-state index contributed by atoms with van der Waals surface area (Å²) in [6, 6.07) is 0. The lowest BCUT2D eigenvalue weighted by atomic mass is 10.1. The topological polar surface area (TPSA) is 98.1 Å². The largest absolute Gasteiger partial charge is 0.465 e. The van der Waals surface area contributed by atoms with E-state index in [-0.39, 0.29) is 5.78 Å². The number of Topliss-reactive ketones (excluding diaryl/α,β-unsaturated/α-hetero) is 1. The third-order valence-electron chi connectivity index (χ3n) is 3.44. The van der Waals surface area contributed by atoms with E-state index in [1.54, 1.807) is 32.5 Å². The standard InChI is InChI=1S/C15H19N3O4S2/c1-7-11(14(20)21-4)8(2)16-12(7)13(19)9(3)24-15-18-17-10(22-15)6-23-5/h9,16H,6H2,1-5H3/t9-/m0/s1. The fourth-order valence-corrected chi connectivity index (χ4v) is 3.40. The quantitative estimate of drug-likeness (QED) is 0.452. The van der Waals surface area contributed by atoms with Gasteiger partial charge in [-0.3, -0.25) is 4.79 Å². The minimum absolute atomic E-state index is 0.139. The Morgan fingerprint density at radius 3 is 2.67 bits per heavy atom. The molecule has 0 aliphatic heterocycles. The van der Waals surface area contributed by atoms with Gasteiger partial charge in [0.2, 0.25) is 5.89 Å². The summed E-state index contributed by atoms with van der Waals surface area (Å²) in [4.78, 5) is 27.5. The first-order valence-electron chi connectivity index (χ1n) is 7.18. The average molecular weight is 369 g/mol. The van der Waals surface area contributed by atoms with E-state index < -0.39 is 11.2 Å². The zero-order valence-corrected chi connectivity index (χ0v) is 15.8. The highest BCUT2D eigenvalue weighted by Gasteiger charge is 2.27. The molecule has 0 aliphatic carbocycles. The Morgan fingerprint density at radius 1 is 1.33 bits per heavy atom. The molecule has 2 aromatic rings. The van der Waals surface area contributed by atoms with Crippen LogP contribution in [0.25, 0.3) is 0 Å². The second-order valence-electron chi connectivity index (χ2n) is 5.14. The number of hydrogen-bond acceptors (Lipinski definition) is 8. The Balaban J connectivity index is 2.17. The highest BCUT2D eigenvalue weighted by atomic mass is 32.2. The van der Waals surface area contributed by atoms with Crippen LogP contribution >= 0.6 is 23.5 Å². The first-order chi connectivity index (χ1) is 11.4. The van der Waals surface area contributed by atoms with Gasteiger partial charge in [-0.2, -0.15) is 11.8 Å². The number of H-pyrrole nitrogens is 1. The number of nitrogens with zero attached hydrogens (tertiary/aromatic N) is 2. The normalized spacial score (nSPS) is 12.2. The van der Waals surface area contributed by atoms with Gasteiger partial charge in [-0.25, -0.2) is 4.79 Å². The first kappa shape index (κ1) is 18.6.